The first-order valence-electron chi connectivity index (χ1n) is 8.11. The Morgan fingerprint density at radius 2 is 1.68 bits per heavy atom. The van der Waals surface area contributed by atoms with Crippen LogP contribution in [0.3, 0.4) is 0 Å². The number of methoxy groups -OCH3 is 2. The summed E-state index contributed by atoms with van der Waals surface area (Å²) in [5.74, 6) is 0.502. The van der Waals surface area contributed by atoms with Crippen molar-refractivity contribution >= 4 is 5.97 Å². The van der Waals surface area contributed by atoms with E-state index >= 15 is 0 Å². The van der Waals surface area contributed by atoms with Crippen molar-refractivity contribution in [3.8, 4) is 17.0 Å². The molecule has 0 amide bonds. The SMILES string of the molecule is COC(=O)c1cc(C)n(Cc2ccc(OC)cc2)c1-c1ccccc1. The molecule has 0 spiro atoms. The molecule has 25 heavy (non-hydrogen) atoms. The van der Waals surface area contributed by atoms with Gasteiger partial charge in [0.25, 0.3) is 0 Å². The average molecular weight is 335 g/mol. The van der Waals surface area contributed by atoms with Gasteiger partial charge in [-0.2, -0.15) is 0 Å². The molecule has 0 aliphatic rings. The van der Waals surface area contributed by atoms with Crippen LogP contribution < -0.4 is 4.74 Å². The van der Waals surface area contributed by atoms with Gasteiger partial charge in [0.1, 0.15) is 5.75 Å². The molecule has 3 rings (SSSR count). The molecule has 3 aromatic rings. The van der Waals surface area contributed by atoms with Gasteiger partial charge in [-0.3, -0.25) is 0 Å². The van der Waals surface area contributed by atoms with Crippen LogP contribution in [0.25, 0.3) is 11.3 Å². The number of aryl methyl sites for hydroxylation is 1. The molecule has 0 radical (unpaired) electrons. The van der Waals surface area contributed by atoms with Crippen molar-refractivity contribution in [1.82, 2.24) is 4.57 Å². The second-order valence-corrected chi connectivity index (χ2v) is 5.84. The van der Waals surface area contributed by atoms with Crippen LogP contribution >= 0.6 is 0 Å². The molecule has 0 bridgehead atoms. The van der Waals surface area contributed by atoms with Crippen molar-refractivity contribution in [3.63, 3.8) is 0 Å². The average Bonchev–Trinajstić information content (AvgIpc) is 2.99. The standard InChI is InChI=1S/C21H21NO3/c1-15-13-19(21(23)25-3)20(17-7-5-4-6-8-17)22(15)14-16-9-11-18(24-2)12-10-16/h4-13H,14H2,1-3H3. The fourth-order valence-electron chi connectivity index (χ4n) is 2.97. The maximum atomic E-state index is 12.3. The number of ether oxygens (including phenoxy) is 2. The lowest BCUT2D eigenvalue weighted by Crippen LogP contribution is -2.07. The van der Waals surface area contributed by atoms with Crippen LogP contribution in [0.4, 0.5) is 0 Å². The van der Waals surface area contributed by atoms with Crippen LogP contribution in [0.2, 0.25) is 0 Å². The van der Waals surface area contributed by atoms with Crippen molar-refractivity contribution in [2.24, 2.45) is 0 Å². The van der Waals surface area contributed by atoms with E-state index in [4.69, 9.17) is 9.47 Å². The predicted molar refractivity (Wildman–Crippen MR) is 98.0 cm³/mol. The Labute approximate surface area is 147 Å². The summed E-state index contributed by atoms with van der Waals surface area (Å²) in [6.45, 7) is 2.67. The second kappa shape index (κ2) is 7.26. The number of esters is 1. The number of carbonyl (C=O) groups is 1. The minimum Gasteiger partial charge on any atom is -0.497 e. The highest BCUT2D eigenvalue weighted by atomic mass is 16.5. The van der Waals surface area contributed by atoms with E-state index in [2.05, 4.69) is 4.57 Å². The highest BCUT2D eigenvalue weighted by Gasteiger charge is 2.20. The molecule has 0 saturated heterocycles. The van der Waals surface area contributed by atoms with Crippen molar-refractivity contribution in [2.75, 3.05) is 14.2 Å². The summed E-state index contributed by atoms with van der Waals surface area (Å²) in [6.07, 6.45) is 0. The van der Waals surface area contributed by atoms with Crippen LogP contribution in [-0.2, 0) is 11.3 Å². The zero-order chi connectivity index (χ0) is 17.8. The fourth-order valence-corrected chi connectivity index (χ4v) is 2.97. The monoisotopic (exact) mass is 335 g/mol. The summed E-state index contributed by atoms with van der Waals surface area (Å²) >= 11 is 0. The smallest absolute Gasteiger partial charge is 0.340 e. The van der Waals surface area contributed by atoms with Crippen LogP contribution in [0.1, 0.15) is 21.6 Å². The number of hydrogen-bond acceptors (Lipinski definition) is 3. The molecule has 4 nitrogen and oxygen atoms in total. The van der Waals surface area contributed by atoms with Crippen molar-refractivity contribution < 1.29 is 14.3 Å². The first kappa shape index (κ1) is 16.8. The summed E-state index contributed by atoms with van der Waals surface area (Å²) in [6, 6.07) is 19.7. The third-order valence-corrected chi connectivity index (χ3v) is 4.26. The molecule has 0 fully saturated rings. The second-order valence-electron chi connectivity index (χ2n) is 5.84. The lowest BCUT2D eigenvalue weighted by atomic mass is 10.1. The van der Waals surface area contributed by atoms with E-state index in [9.17, 15) is 4.79 Å². The number of rotatable bonds is 5. The van der Waals surface area contributed by atoms with E-state index in [0.717, 1.165) is 28.3 Å². The van der Waals surface area contributed by atoms with Gasteiger partial charge in [-0.25, -0.2) is 4.79 Å². The lowest BCUT2D eigenvalue weighted by Gasteiger charge is -2.14. The zero-order valence-electron chi connectivity index (χ0n) is 14.7. The molecular formula is C21H21NO3. The summed E-state index contributed by atoms with van der Waals surface area (Å²) in [7, 11) is 3.06. The normalized spacial score (nSPS) is 10.5. The number of nitrogens with zero attached hydrogens (tertiary/aromatic N) is 1. The van der Waals surface area contributed by atoms with Gasteiger partial charge in [0.05, 0.1) is 25.5 Å². The number of hydrogen-bond donors (Lipinski definition) is 0. The largest absolute Gasteiger partial charge is 0.497 e. The highest BCUT2D eigenvalue weighted by Crippen LogP contribution is 2.29. The zero-order valence-corrected chi connectivity index (χ0v) is 14.7. The summed E-state index contributed by atoms with van der Waals surface area (Å²) in [5.41, 5.74) is 4.59. The van der Waals surface area contributed by atoms with Crippen molar-refractivity contribution in [3.05, 3.63) is 77.5 Å². The Hall–Kier alpha value is -3.01. The third-order valence-electron chi connectivity index (χ3n) is 4.26. The lowest BCUT2D eigenvalue weighted by molar-refractivity contribution is 0.0601. The molecule has 4 heteroatoms. The van der Waals surface area contributed by atoms with Gasteiger partial charge in [-0.05, 0) is 36.2 Å². The van der Waals surface area contributed by atoms with Gasteiger partial charge in [0.15, 0.2) is 0 Å². The Morgan fingerprint density at radius 3 is 2.28 bits per heavy atom. The fraction of sp³-hybridized carbons (Fsp3) is 0.190. The molecule has 128 valence electrons. The van der Waals surface area contributed by atoms with E-state index < -0.39 is 0 Å². The van der Waals surface area contributed by atoms with Gasteiger partial charge in [-0.1, -0.05) is 42.5 Å². The molecule has 0 saturated carbocycles. The Balaban J connectivity index is 2.08. The van der Waals surface area contributed by atoms with Gasteiger partial charge < -0.3 is 14.0 Å². The van der Waals surface area contributed by atoms with Gasteiger partial charge in [0.2, 0.25) is 0 Å². The quantitative estimate of drug-likeness (QED) is 0.653. The molecule has 0 N–H and O–H groups in total. The third kappa shape index (κ3) is 3.43. The molecule has 1 heterocycles. The van der Waals surface area contributed by atoms with Crippen LogP contribution in [0.15, 0.2) is 60.7 Å². The van der Waals surface area contributed by atoms with Crippen LogP contribution in [-0.4, -0.2) is 24.8 Å². The van der Waals surface area contributed by atoms with Crippen LogP contribution in [0, 0.1) is 6.92 Å². The molecule has 0 aliphatic carbocycles. The predicted octanol–water partition coefficient (Wildman–Crippen LogP) is 4.31. The maximum absolute atomic E-state index is 12.3. The van der Waals surface area contributed by atoms with E-state index in [1.54, 1.807) is 7.11 Å². The topological polar surface area (TPSA) is 40.5 Å². The van der Waals surface area contributed by atoms with Crippen molar-refractivity contribution in [2.45, 2.75) is 13.5 Å². The maximum Gasteiger partial charge on any atom is 0.340 e. The number of carbonyl (C=O) groups excluding carboxylic acids is 1. The van der Waals surface area contributed by atoms with Crippen LogP contribution in [0.5, 0.6) is 5.75 Å². The number of benzene rings is 2. The van der Waals surface area contributed by atoms with Gasteiger partial charge in [0, 0.05) is 12.2 Å². The minimum atomic E-state index is -0.324. The number of aromatic nitrogens is 1. The van der Waals surface area contributed by atoms with Gasteiger partial charge in [-0.15, -0.1) is 0 Å². The summed E-state index contributed by atoms with van der Waals surface area (Å²) in [5, 5.41) is 0. The van der Waals surface area contributed by atoms with E-state index in [1.807, 2.05) is 67.6 Å². The Morgan fingerprint density at radius 1 is 1.00 bits per heavy atom. The first-order valence-corrected chi connectivity index (χ1v) is 8.11. The molecule has 2 aromatic carbocycles. The highest BCUT2D eigenvalue weighted by molar-refractivity contribution is 5.97. The first-order chi connectivity index (χ1) is 12.1. The Kier molecular flexibility index (Phi) is 4.89. The van der Waals surface area contributed by atoms with E-state index in [-0.39, 0.29) is 5.97 Å². The molecule has 1 aromatic heterocycles. The summed E-state index contributed by atoms with van der Waals surface area (Å²) < 4.78 is 12.3. The van der Waals surface area contributed by atoms with E-state index in [1.165, 1.54) is 7.11 Å². The van der Waals surface area contributed by atoms with Gasteiger partial charge >= 0.3 is 5.97 Å². The van der Waals surface area contributed by atoms with Crippen molar-refractivity contribution in [1.29, 1.82) is 0 Å². The molecule has 0 aliphatic heterocycles. The Bertz CT molecular complexity index is 864. The molecule has 0 atom stereocenters. The minimum absolute atomic E-state index is 0.324. The van der Waals surface area contributed by atoms with E-state index in [0.29, 0.717) is 12.1 Å². The molecular weight excluding hydrogens is 314 g/mol. The summed E-state index contributed by atoms with van der Waals surface area (Å²) in [4.78, 5) is 12.3. The molecule has 0 unspecified atom stereocenters.